The van der Waals surface area contributed by atoms with Gasteiger partial charge in [0, 0.05) is 18.5 Å². The Morgan fingerprint density at radius 3 is 2.83 bits per heavy atom. The molecule has 0 unspecified atom stereocenters. The Labute approximate surface area is 120 Å². The molecule has 6 heteroatoms. The third kappa shape index (κ3) is 5.82. The van der Waals surface area contributed by atoms with E-state index >= 15 is 0 Å². The summed E-state index contributed by atoms with van der Waals surface area (Å²) in [6.07, 6.45) is 1.86. The maximum absolute atomic E-state index is 11.5. The van der Waals surface area contributed by atoms with Crippen LogP contribution in [0, 0.1) is 0 Å². The Kier molecular flexibility index (Phi) is 6.63. The van der Waals surface area contributed by atoms with Gasteiger partial charge in [0.15, 0.2) is 0 Å². The molecule has 0 atom stereocenters. The first-order chi connectivity index (χ1) is 8.51. The van der Waals surface area contributed by atoms with Gasteiger partial charge < -0.3 is 5.32 Å². The van der Waals surface area contributed by atoms with E-state index < -0.39 is 0 Å². The molecule has 100 valence electrons. The average molecular weight is 332 g/mol. The first-order valence-corrected chi connectivity index (χ1v) is 7.74. The second-order valence-electron chi connectivity index (χ2n) is 4.21. The van der Waals surface area contributed by atoms with Crippen molar-refractivity contribution >= 4 is 33.6 Å². The number of hydrogen-bond donors (Lipinski definition) is 1. The molecule has 4 nitrogen and oxygen atoms in total. The number of carbonyl (C=O) groups excluding carboxylic acids is 1. The van der Waals surface area contributed by atoms with Crippen LogP contribution in [-0.4, -0.2) is 27.7 Å². The maximum Gasteiger partial charge on any atom is 0.230 e. The molecule has 0 radical (unpaired) electrons. The van der Waals surface area contributed by atoms with Gasteiger partial charge >= 0.3 is 0 Å². The minimum Gasteiger partial charge on any atom is -0.353 e. The molecule has 0 spiro atoms. The van der Waals surface area contributed by atoms with E-state index in [0.717, 1.165) is 28.3 Å². The number of nitrogens with one attached hydrogen (secondary N) is 1. The molecule has 1 N–H and O–H groups in total. The minimum absolute atomic E-state index is 0.0294. The monoisotopic (exact) mass is 331 g/mol. The van der Waals surface area contributed by atoms with E-state index in [4.69, 9.17) is 0 Å². The largest absolute Gasteiger partial charge is 0.353 e. The van der Waals surface area contributed by atoms with Crippen molar-refractivity contribution in [3.05, 3.63) is 16.5 Å². The number of rotatable bonds is 6. The Bertz CT molecular complexity index is 412. The summed E-state index contributed by atoms with van der Waals surface area (Å²) in [5, 5.41) is 3.69. The first-order valence-electron chi connectivity index (χ1n) is 5.97. The molecule has 0 saturated carbocycles. The van der Waals surface area contributed by atoms with E-state index in [2.05, 4.69) is 38.1 Å². The molecule has 0 bridgehead atoms. The van der Waals surface area contributed by atoms with Gasteiger partial charge in [0.1, 0.15) is 15.5 Å². The van der Waals surface area contributed by atoms with Crippen molar-refractivity contribution in [3.8, 4) is 0 Å². The number of aryl methyl sites for hydroxylation is 1. The lowest BCUT2D eigenvalue weighted by atomic mass is 10.3. The van der Waals surface area contributed by atoms with Gasteiger partial charge in [-0.2, -0.15) is 0 Å². The smallest absolute Gasteiger partial charge is 0.230 e. The lowest BCUT2D eigenvalue weighted by molar-refractivity contribution is -0.119. The molecule has 0 fully saturated rings. The van der Waals surface area contributed by atoms with Crippen LogP contribution < -0.4 is 5.32 Å². The molecule has 18 heavy (non-hydrogen) atoms. The highest BCUT2D eigenvalue weighted by molar-refractivity contribution is 9.10. The summed E-state index contributed by atoms with van der Waals surface area (Å²) in [7, 11) is 0. The van der Waals surface area contributed by atoms with Crippen molar-refractivity contribution < 1.29 is 4.79 Å². The summed E-state index contributed by atoms with van der Waals surface area (Å²) in [5.41, 5.74) is 0. The quantitative estimate of drug-likeness (QED) is 0.643. The number of hydrogen-bond acceptors (Lipinski definition) is 4. The van der Waals surface area contributed by atoms with Gasteiger partial charge in [-0.15, -0.1) is 0 Å². The van der Waals surface area contributed by atoms with Crippen LogP contribution >= 0.6 is 27.7 Å². The fraction of sp³-hybridized carbons (Fsp3) is 0.583. The fourth-order valence-corrected chi connectivity index (χ4v) is 2.65. The van der Waals surface area contributed by atoms with E-state index in [-0.39, 0.29) is 11.9 Å². The molecule has 1 heterocycles. The SMILES string of the molecule is CCCc1nc(Br)cc(SCC(=O)NC(C)C)n1. The second kappa shape index (κ2) is 7.74. The van der Waals surface area contributed by atoms with Gasteiger partial charge in [-0.25, -0.2) is 9.97 Å². The predicted molar refractivity (Wildman–Crippen MR) is 77.7 cm³/mol. The van der Waals surface area contributed by atoms with E-state index in [0.29, 0.717) is 5.75 Å². The first kappa shape index (κ1) is 15.4. The molecule has 0 aliphatic carbocycles. The highest BCUT2D eigenvalue weighted by Crippen LogP contribution is 2.19. The summed E-state index contributed by atoms with van der Waals surface area (Å²) in [6.45, 7) is 5.99. The molecular formula is C12H18BrN3OS. The third-order valence-electron chi connectivity index (χ3n) is 1.99. The zero-order valence-corrected chi connectivity index (χ0v) is 13.3. The number of amides is 1. The zero-order valence-electron chi connectivity index (χ0n) is 10.9. The van der Waals surface area contributed by atoms with Crippen LogP contribution in [0.25, 0.3) is 0 Å². The minimum atomic E-state index is 0.0294. The van der Waals surface area contributed by atoms with Crippen LogP contribution in [-0.2, 0) is 11.2 Å². The molecular weight excluding hydrogens is 314 g/mol. The Balaban J connectivity index is 2.58. The van der Waals surface area contributed by atoms with Crippen LogP contribution in [0.1, 0.15) is 33.0 Å². The highest BCUT2D eigenvalue weighted by Gasteiger charge is 2.07. The summed E-state index contributed by atoms with van der Waals surface area (Å²) >= 11 is 4.80. The number of carbonyl (C=O) groups is 1. The van der Waals surface area contributed by atoms with Gasteiger partial charge in [0.05, 0.1) is 5.75 Å². The van der Waals surface area contributed by atoms with Gasteiger partial charge in [-0.05, 0) is 36.2 Å². The maximum atomic E-state index is 11.5. The molecule has 1 aromatic rings. The summed E-state index contributed by atoms with van der Waals surface area (Å²) in [5.74, 6) is 1.23. The third-order valence-corrected chi connectivity index (χ3v) is 3.31. The van der Waals surface area contributed by atoms with Crippen LogP contribution in [0.15, 0.2) is 15.7 Å². The molecule has 1 amide bonds. The van der Waals surface area contributed by atoms with E-state index in [1.54, 1.807) is 0 Å². The predicted octanol–water partition coefficient (Wildman–Crippen LogP) is 2.81. The number of nitrogens with zero attached hydrogens (tertiary/aromatic N) is 2. The average Bonchev–Trinajstić information content (AvgIpc) is 2.25. The molecule has 0 aliphatic rings. The number of aromatic nitrogens is 2. The topological polar surface area (TPSA) is 54.9 Å². The van der Waals surface area contributed by atoms with Crippen molar-refractivity contribution in [2.24, 2.45) is 0 Å². The normalized spacial score (nSPS) is 10.7. The number of thioether (sulfide) groups is 1. The summed E-state index contributed by atoms with van der Waals surface area (Å²) < 4.78 is 0.771. The lowest BCUT2D eigenvalue weighted by Crippen LogP contribution is -2.31. The van der Waals surface area contributed by atoms with E-state index in [1.807, 2.05) is 19.9 Å². The van der Waals surface area contributed by atoms with Crippen molar-refractivity contribution in [2.45, 2.75) is 44.7 Å². The van der Waals surface area contributed by atoms with Crippen LogP contribution in [0.5, 0.6) is 0 Å². The molecule has 0 aromatic carbocycles. The van der Waals surface area contributed by atoms with E-state index in [1.165, 1.54) is 11.8 Å². The van der Waals surface area contributed by atoms with Crippen LogP contribution in [0.2, 0.25) is 0 Å². The highest BCUT2D eigenvalue weighted by atomic mass is 79.9. The lowest BCUT2D eigenvalue weighted by Gasteiger charge is -2.08. The fourth-order valence-electron chi connectivity index (χ4n) is 1.35. The Morgan fingerprint density at radius 2 is 2.22 bits per heavy atom. The van der Waals surface area contributed by atoms with Crippen LogP contribution in [0.4, 0.5) is 0 Å². The van der Waals surface area contributed by atoms with Crippen LogP contribution in [0.3, 0.4) is 0 Å². The van der Waals surface area contributed by atoms with Crippen molar-refractivity contribution in [1.29, 1.82) is 0 Å². The van der Waals surface area contributed by atoms with Crippen molar-refractivity contribution in [1.82, 2.24) is 15.3 Å². The summed E-state index contributed by atoms with van der Waals surface area (Å²) in [4.78, 5) is 20.2. The zero-order chi connectivity index (χ0) is 13.5. The number of halogens is 1. The van der Waals surface area contributed by atoms with Gasteiger partial charge in [-0.3, -0.25) is 4.79 Å². The standard InChI is InChI=1S/C12H18BrN3OS/c1-4-5-10-15-9(13)6-12(16-10)18-7-11(17)14-8(2)3/h6,8H,4-5,7H2,1-3H3,(H,14,17). The van der Waals surface area contributed by atoms with E-state index in [9.17, 15) is 4.79 Å². The van der Waals surface area contributed by atoms with Gasteiger partial charge in [-0.1, -0.05) is 18.7 Å². The molecule has 0 aliphatic heterocycles. The Morgan fingerprint density at radius 1 is 1.50 bits per heavy atom. The Hall–Kier alpha value is -0.620. The van der Waals surface area contributed by atoms with Crippen molar-refractivity contribution in [2.75, 3.05) is 5.75 Å². The molecule has 1 rings (SSSR count). The second-order valence-corrected chi connectivity index (χ2v) is 6.01. The van der Waals surface area contributed by atoms with Gasteiger partial charge in [0.2, 0.25) is 5.91 Å². The van der Waals surface area contributed by atoms with Gasteiger partial charge in [0.25, 0.3) is 0 Å². The molecule has 0 saturated heterocycles. The van der Waals surface area contributed by atoms with Crippen molar-refractivity contribution in [3.63, 3.8) is 0 Å². The summed E-state index contributed by atoms with van der Waals surface area (Å²) in [6, 6.07) is 2.01. The molecule has 1 aromatic heterocycles.